The van der Waals surface area contributed by atoms with E-state index in [-0.39, 0.29) is 5.97 Å². The summed E-state index contributed by atoms with van der Waals surface area (Å²) in [5, 5.41) is 1.17. The second kappa shape index (κ2) is 5.39. The molecule has 0 fully saturated rings. The summed E-state index contributed by atoms with van der Waals surface area (Å²) in [5.74, 6) is -0.170. The van der Waals surface area contributed by atoms with Crippen molar-refractivity contribution in [3.05, 3.63) is 40.6 Å². The quantitative estimate of drug-likeness (QED) is 0.792. The van der Waals surface area contributed by atoms with Crippen molar-refractivity contribution in [2.24, 2.45) is 0 Å². The van der Waals surface area contributed by atoms with Crippen LogP contribution in [0.25, 0.3) is 10.9 Å². The van der Waals surface area contributed by atoms with Crippen LogP contribution in [0.15, 0.2) is 18.2 Å². The molecule has 0 spiro atoms. The van der Waals surface area contributed by atoms with E-state index < -0.39 is 0 Å². The first-order valence-corrected chi connectivity index (χ1v) is 6.45. The van der Waals surface area contributed by atoms with E-state index in [1.165, 1.54) is 18.1 Å². The van der Waals surface area contributed by atoms with Gasteiger partial charge in [-0.3, -0.25) is 9.78 Å². The topological polar surface area (TPSA) is 39.2 Å². The van der Waals surface area contributed by atoms with Crippen LogP contribution in [0.4, 0.5) is 0 Å². The molecule has 0 aliphatic rings. The zero-order valence-corrected chi connectivity index (χ0v) is 11.9. The van der Waals surface area contributed by atoms with E-state index in [1.807, 2.05) is 6.92 Å². The predicted molar refractivity (Wildman–Crippen MR) is 76.3 cm³/mol. The van der Waals surface area contributed by atoms with Crippen molar-refractivity contribution >= 4 is 16.9 Å². The second-order valence-electron chi connectivity index (χ2n) is 4.97. The van der Waals surface area contributed by atoms with Crippen LogP contribution in [-0.2, 0) is 16.0 Å². The summed E-state index contributed by atoms with van der Waals surface area (Å²) in [6, 6.07) is 6.33. The molecule has 0 N–H and O–H groups in total. The Morgan fingerprint density at radius 2 is 1.89 bits per heavy atom. The van der Waals surface area contributed by atoms with Crippen LogP contribution >= 0.6 is 0 Å². The van der Waals surface area contributed by atoms with E-state index in [9.17, 15) is 4.79 Å². The van der Waals surface area contributed by atoms with E-state index in [2.05, 4.69) is 41.8 Å². The maximum Gasteiger partial charge on any atom is 0.305 e. The van der Waals surface area contributed by atoms with Crippen molar-refractivity contribution in [3.63, 3.8) is 0 Å². The molecule has 1 aromatic carbocycles. The number of esters is 1. The van der Waals surface area contributed by atoms with Gasteiger partial charge in [0.05, 0.1) is 12.6 Å². The molecular formula is C16H19NO2. The third-order valence-electron chi connectivity index (χ3n) is 3.34. The number of methoxy groups -OCH3 is 1. The van der Waals surface area contributed by atoms with Crippen LogP contribution in [-0.4, -0.2) is 18.1 Å². The highest BCUT2D eigenvalue weighted by Crippen LogP contribution is 2.23. The van der Waals surface area contributed by atoms with Gasteiger partial charge in [-0.1, -0.05) is 6.07 Å². The van der Waals surface area contributed by atoms with Crippen molar-refractivity contribution in [2.75, 3.05) is 7.11 Å². The SMILES string of the molecule is COC(=O)CCc1cc(C)c2nc(C)cc(C)c2c1. The Hall–Kier alpha value is -1.90. The summed E-state index contributed by atoms with van der Waals surface area (Å²) in [4.78, 5) is 15.8. The van der Waals surface area contributed by atoms with Gasteiger partial charge < -0.3 is 4.74 Å². The summed E-state index contributed by atoms with van der Waals surface area (Å²) in [7, 11) is 1.42. The first-order chi connectivity index (χ1) is 9.01. The van der Waals surface area contributed by atoms with E-state index in [0.717, 1.165) is 22.3 Å². The van der Waals surface area contributed by atoms with E-state index >= 15 is 0 Å². The average Bonchev–Trinajstić information content (AvgIpc) is 2.37. The van der Waals surface area contributed by atoms with Gasteiger partial charge in [0.2, 0.25) is 0 Å². The summed E-state index contributed by atoms with van der Waals surface area (Å²) < 4.78 is 4.68. The minimum atomic E-state index is -0.170. The Labute approximate surface area is 113 Å². The number of hydrogen-bond acceptors (Lipinski definition) is 3. The van der Waals surface area contributed by atoms with Gasteiger partial charge in [-0.15, -0.1) is 0 Å². The molecule has 3 nitrogen and oxygen atoms in total. The van der Waals surface area contributed by atoms with Crippen LogP contribution in [0, 0.1) is 20.8 Å². The molecule has 0 saturated carbocycles. The molecule has 0 amide bonds. The third-order valence-corrected chi connectivity index (χ3v) is 3.34. The predicted octanol–water partition coefficient (Wildman–Crippen LogP) is 3.27. The lowest BCUT2D eigenvalue weighted by Crippen LogP contribution is -2.02. The number of aryl methyl sites for hydroxylation is 4. The lowest BCUT2D eigenvalue weighted by Gasteiger charge is -2.09. The molecule has 0 radical (unpaired) electrons. The fourth-order valence-electron chi connectivity index (χ4n) is 2.40. The smallest absolute Gasteiger partial charge is 0.305 e. The Morgan fingerprint density at radius 3 is 2.58 bits per heavy atom. The number of hydrogen-bond donors (Lipinski definition) is 0. The first-order valence-electron chi connectivity index (χ1n) is 6.45. The summed E-state index contributed by atoms with van der Waals surface area (Å²) in [5.41, 5.74) is 5.63. The van der Waals surface area contributed by atoms with Crippen LogP contribution in [0.3, 0.4) is 0 Å². The van der Waals surface area contributed by atoms with Gasteiger partial charge in [-0.25, -0.2) is 0 Å². The number of ether oxygens (including phenoxy) is 1. The van der Waals surface area contributed by atoms with Crippen LogP contribution < -0.4 is 0 Å². The number of aromatic nitrogens is 1. The minimum absolute atomic E-state index is 0.170. The average molecular weight is 257 g/mol. The number of nitrogens with zero attached hydrogens (tertiary/aromatic N) is 1. The molecule has 19 heavy (non-hydrogen) atoms. The van der Waals surface area contributed by atoms with Gasteiger partial charge in [0.25, 0.3) is 0 Å². The molecule has 0 saturated heterocycles. The molecule has 0 aliphatic carbocycles. The lowest BCUT2D eigenvalue weighted by molar-refractivity contribution is -0.140. The third kappa shape index (κ3) is 2.92. The molecule has 3 heteroatoms. The number of fused-ring (bicyclic) bond motifs is 1. The van der Waals surface area contributed by atoms with Crippen LogP contribution in [0.5, 0.6) is 0 Å². The van der Waals surface area contributed by atoms with Crippen LogP contribution in [0.1, 0.15) is 28.8 Å². The molecular weight excluding hydrogens is 238 g/mol. The standard InChI is InChI=1S/C16H19NO2/c1-10-7-12(3)17-16-11(2)8-13(9-14(10)16)5-6-15(18)19-4/h7-9H,5-6H2,1-4H3. The highest BCUT2D eigenvalue weighted by atomic mass is 16.5. The maximum absolute atomic E-state index is 11.2. The lowest BCUT2D eigenvalue weighted by atomic mass is 9.99. The number of benzene rings is 1. The van der Waals surface area contributed by atoms with Crippen molar-refractivity contribution in [1.29, 1.82) is 0 Å². The van der Waals surface area contributed by atoms with Gasteiger partial charge in [0.1, 0.15) is 0 Å². The molecule has 0 bridgehead atoms. The monoisotopic (exact) mass is 257 g/mol. The number of rotatable bonds is 3. The Morgan fingerprint density at radius 1 is 1.16 bits per heavy atom. The summed E-state index contributed by atoms with van der Waals surface area (Å²) in [6.07, 6.45) is 1.12. The van der Waals surface area contributed by atoms with Crippen molar-refractivity contribution in [1.82, 2.24) is 4.98 Å². The zero-order chi connectivity index (χ0) is 14.0. The molecule has 2 rings (SSSR count). The normalized spacial score (nSPS) is 10.7. The number of carbonyl (C=O) groups is 1. The minimum Gasteiger partial charge on any atom is -0.469 e. The Bertz CT molecular complexity index is 632. The number of pyridine rings is 1. The maximum atomic E-state index is 11.2. The molecule has 1 aromatic heterocycles. The Balaban J connectivity index is 2.41. The van der Waals surface area contributed by atoms with E-state index in [1.54, 1.807) is 0 Å². The zero-order valence-electron chi connectivity index (χ0n) is 11.9. The number of carbonyl (C=O) groups excluding carboxylic acids is 1. The fraction of sp³-hybridized carbons (Fsp3) is 0.375. The molecule has 1 heterocycles. The molecule has 100 valence electrons. The van der Waals surface area contributed by atoms with Crippen molar-refractivity contribution in [3.8, 4) is 0 Å². The second-order valence-corrected chi connectivity index (χ2v) is 4.97. The molecule has 2 aromatic rings. The van der Waals surface area contributed by atoms with Gasteiger partial charge in [0, 0.05) is 17.5 Å². The fourth-order valence-corrected chi connectivity index (χ4v) is 2.40. The van der Waals surface area contributed by atoms with Gasteiger partial charge >= 0.3 is 5.97 Å². The largest absolute Gasteiger partial charge is 0.469 e. The summed E-state index contributed by atoms with van der Waals surface area (Å²) >= 11 is 0. The summed E-state index contributed by atoms with van der Waals surface area (Å²) in [6.45, 7) is 6.17. The van der Waals surface area contributed by atoms with Crippen molar-refractivity contribution < 1.29 is 9.53 Å². The highest BCUT2D eigenvalue weighted by Gasteiger charge is 2.07. The molecule has 0 atom stereocenters. The molecule has 0 unspecified atom stereocenters. The Kier molecular flexibility index (Phi) is 3.84. The van der Waals surface area contributed by atoms with Crippen molar-refractivity contribution in [2.45, 2.75) is 33.6 Å². The highest BCUT2D eigenvalue weighted by molar-refractivity contribution is 5.85. The van der Waals surface area contributed by atoms with E-state index in [0.29, 0.717) is 12.8 Å². The van der Waals surface area contributed by atoms with Crippen LogP contribution in [0.2, 0.25) is 0 Å². The van der Waals surface area contributed by atoms with E-state index in [4.69, 9.17) is 0 Å². The molecule has 0 aliphatic heterocycles. The van der Waals surface area contributed by atoms with Gasteiger partial charge in [0.15, 0.2) is 0 Å². The first kappa shape index (κ1) is 13.5. The van der Waals surface area contributed by atoms with Gasteiger partial charge in [-0.2, -0.15) is 0 Å². The van der Waals surface area contributed by atoms with Gasteiger partial charge in [-0.05, 0) is 56.0 Å².